The number of hydrogen-bond acceptors (Lipinski definition) is 0. The molecule has 0 saturated carbocycles. The van der Waals surface area contributed by atoms with Gasteiger partial charge in [0, 0.05) is 0 Å². The van der Waals surface area contributed by atoms with E-state index in [1.165, 1.54) is 33.4 Å². The molecule has 0 heterocycles. The number of allylic oxidation sites excluding steroid dienone is 8. The second kappa shape index (κ2) is 16.3. The standard InChI is InChI=1S/C36H42/c1-3-5-7-13-31-19-23-33(24-20-31)15-9-11-17-35-27-29-36(30-28-35)18-12-10-16-34-25-21-32(22-26-34)14-8-6-4-2/h3-6,9-12,19-30H,7-8,13-18H2,1-2H3/b5-3+,6-4+,11-9+,12-10+. The molecule has 0 heteroatoms. The first-order valence-electron chi connectivity index (χ1n) is 13.5. The fraction of sp³-hybridized carbons (Fsp3) is 0.278. The van der Waals surface area contributed by atoms with Crippen molar-refractivity contribution in [3.05, 3.63) is 155 Å². The van der Waals surface area contributed by atoms with Crippen LogP contribution in [0.2, 0.25) is 0 Å². The highest BCUT2D eigenvalue weighted by Crippen LogP contribution is 2.11. The summed E-state index contributed by atoms with van der Waals surface area (Å²) in [6, 6.07) is 27.2. The van der Waals surface area contributed by atoms with Crippen LogP contribution in [0.4, 0.5) is 0 Å². The molecule has 0 bridgehead atoms. The van der Waals surface area contributed by atoms with Crippen LogP contribution in [0.5, 0.6) is 0 Å². The fourth-order valence-corrected chi connectivity index (χ4v) is 4.21. The molecule has 0 radical (unpaired) electrons. The van der Waals surface area contributed by atoms with Gasteiger partial charge in [0.2, 0.25) is 0 Å². The molecule has 0 nitrogen and oxygen atoms in total. The Morgan fingerprint density at radius 3 is 0.861 bits per heavy atom. The molecule has 36 heavy (non-hydrogen) atoms. The van der Waals surface area contributed by atoms with Crippen LogP contribution in [0.15, 0.2) is 121 Å². The zero-order valence-corrected chi connectivity index (χ0v) is 22.2. The van der Waals surface area contributed by atoms with Crippen LogP contribution in [0.25, 0.3) is 0 Å². The molecule has 0 aliphatic heterocycles. The first-order valence-corrected chi connectivity index (χ1v) is 13.5. The van der Waals surface area contributed by atoms with Crippen LogP contribution < -0.4 is 0 Å². The predicted molar refractivity (Wildman–Crippen MR) is 159 cm³/mol. The number of benzene rings is 3. The van der Waals surface area contributed by atoms with Crippen LogP contribution >= 0.6 is 0 Å². The van der Waals surface area contributed by atoms with Crippen molar-refractivity contribution in [3.8, 4) is 0 Å². The molecule has 3 rings (SSSR count). The second-order valence-electron chi connectivity index (χ2n) is 9.42. The van der Waals surface area contributed by atoms with Gasteiger partial charge in [-0.15, -0.1) is 0 Å². The Morgan fingerprint density at radius 1 is 0.361 bits per heavy atom. The molecule has 0 N–H and O–H groups in total. The molecule has 0 fully saturated rings. The molecule has 0 saturated heterocycles. The van der Waals surface area contributed by atoms with Crippen LogP contribution in [0.3, 0.4) is 0 Å². The highest BCUT2D eigenvalue weighted by molar-refractivity contribution is 5.28. The summed E-state index contributed by atoms with van der Waals surface area (Å²) in [5.41, 5.74) is 8.33. The summed E-state index contributed by atoms with van der Waals surface area (Å²) in [6.45, 7) is 4.16. The Balaban J connectivity index is 1.35. The summed E-state index contributed by atoms with van der Waals surface area (Å²) in [5, 5.41) is 0. The number of aryl methyl sites for hydroxylation is 2. The van der Waals surface area contributed by atoms with Crippen molar-refractivity contribution < 1.29 is 0 Å². The summed E-state index contributed by atoms with van der Waals surface area (Å²) in [4.78, 5) is 0. The van der Waals surface area contributed by atoms with E-state index in [1.54, 1.807) is 0 Å². The van der Waals surface area contributed by atoms with Gasteiger partial charge >= 0.3 is 0 Å². The fourth-order valence-electron chi connectivity index (χ4n) is 4.21. The second-order valence-corrected chi connectivity index (χ2v) is 9.42. The van der Waals surface area contributed by atoms with E-state index in [0.717, 1.165) is 51.4 Å². The van der Waals surface area contributed by atoms with Crippen molar-refractivity contribution in [2.45, 2.75) is 65.2 Å². The normalized spacial score (nSPS) is 12.1. The Bertz CT molecular complexity index is 1010. The van der Waals surface area contributed by atoms with Gasteiger partial charge in [0.15, 0.2) is 0 Å². The van der Waals surface area contributed by atoms with E-state index in [4.69, 9.17) is 0 Å². The van der Waals surface area contributed by atoms with Crippen LogP contribution in [-0.2, 0) is 38.5 Å². The molecule has 0 spiro atoms. The Kier molecular flexibility index (Phi) is 12.3. The molecule has 3 aromatic carbocycles. The topological polar surface area (TPSA) is 0 Å². The molecule has 0 atom stereocenters. The van der Waals surface area contributed by atoms with Crippen molar-refractivity contribution in [3.63, 3.8) is 0 Å². The highest BCUT2D eigenvalue weighted by Gasteiger charge is 1.96. The minimum atomic E-state index is 0.988. The van der Waals surface area contributed by atoms with Gasteiger partial charge in [-0.2, -0.15) is 0 Å². The van der Waals surface area contributed by atoms with E-state index in [2.05, 4.69) is 135 Å². The lowest BCUT2D eigenvalue weighted by Gasteiger charge is -2.02. The largest absolute Gasteiger partial charge is 0.0917 e. The maximum atomic E-state index is 2.29. The van der Waals surface area contributed by atoms with Gasteiger partial charge in [-0.1, -0.05) is 121 Å². The van der Waals surface area contributed by atoms with Crippen LogP contribution in [0.1, 0.15) is 60.1 Å². The SMILES string of the molecule is C/C=C/CCc1ccc(C/C=C/Cc2ccc(C/C=C/Cc3ccc(CC/C=C/C)cc3)cc2)cc1. The molecule has 0 unspecified atom stereocenters. The summed E-state index contributed by atoms with van der Waals surface area (Å²) in [6.07, 6.45) is 26.3. The molecule has 0 aliphatic carbocycles. The van der Waals surface area contributed by atoms with Crippen LogP contribution in [0, 0.1) is 0 Å². The maximum absolute atomic E-state index is 2.29. The van der Waals surface area contributed by atoms with Crippen molar-refractivity contribution >= 4 is 0 Å². The highest BCUT2D eigenvalue weighted by atomic mass is 14.0. The molecule has 0 aromatic heterocycles. The lowest BCUT2D eigenvalue weighted by molar-refractivity contribution is 0.996. The monoisotopic (exact) mass is 474 g/mol. The summed E-state index contributed by atoms with van der Waals surface area (Å²) >= 11 is 0. The van der Waals surface area contributed by atoms with E-state index < -0.39 is 0 Å². The molecule has 0 aliphatic rings. The third kappa shape index (κ3) is 10.5. The summed E-state index contributed by atoms with van der Waals surface area (Å²) in [7, 11) is 0. The minimum absolute atomic E-state index is 0.988. The first-order chi connectivity index (χ1) is 17.8. The Morgan fingerprint density at radius 2 is 0.611 bits per heavy atom. The van der Waals surface area contributed by atoms with E-state index in [-0.39, 0.29) is 0 Å². The van der Waals surface area contributed by atoms with E-state index in [1.807, 2.05) is 0 Å². The van der Waals surface area contributed by atoms with E-state index in [0.29, 0.717) is 0 Å². The van der Waals surface area contributed by atoms with Crippen molar-refractivity contribution in [2.75, 3.05) is 0 Å². The van der Waals surface area contributed by atoms with E-state index in [9.17, 15) is 0 Å². The molecule has 3 aromatic rings. The minimum Gasteiger partial charge on any atom is -0.0917 e. The average Bonchev–Trinajstić information content (AvgIpc) is 2.92. The first kappa shape index (κ1) is 27.2. The maximum Gasteiger partial charge on any atom is -0.00973 e. The van der Waals surface area contributed by atoms with Gasteiger partial charge in [-0.25, -0.2) is 0 Å². The van der Waals surface area contributed by atoms with Crippen molar-refractivity contribution in [2.24, 2.45) is 0 Å². The zero-order valence-electron chi connectivity index (χ0n) is 22.2. The molecule has 0 amide bonds. The number of hydrogen-bond donors (Lipinski definition) is 0. The van der Waals surface area contributed by atoms with E-state index >= 15 is 0 Å². The van der Waals surface area contributed by atoms with Crippen molar-refractivity contribution in [1.82, 2.24) is 0 Å². The van der Waals surface area contributed by atoms with Crippen LogP contribution in [-0.4, -0.2) is 0 Å². The van der Waals surface area contributed by atoms with Gasteiger partial charge in [0.1, 0.15) is 0 Å². The lowest BCUT2D eigenvalue weighted by atomic mass is 10.0. The van der Waals surface area contributed by atoms with Crippen molar-refractivity contribution in [1.29, 1.82) is 0 Å². The lowest BCUT2D eigenvalue weighted by Crippen LogP contribution is -1.88. The van der Waals surface area contributed by atoms with Gasteiger partial charge in [0.25, 0.3) is 0 Å². The van der Waals surface area contributed by atoms with Gasteiger partial charge in [0.05, 0.1) is 0 Å². The third-order valence-electron chi connectivity index (χ3n) is 6.49. The number of rotatable bonds is 14. The zero-order chi connectivity index (χ0) is 25.3. The van der Waals surface area contributed by atoms with Gasteiger partial charge in [-0.3, -0.25) is 0 Å². The third-order valence-corrected chi connectivity index (χ3v) is 6.49. The Hall–Kier alpha value is -3.38. The van der Waals surface area contributed by atoms with Gasteiger partial charge in [-0.05, 0) is 98.6 Å². The van der Waals surface area contributed by atoms with Gasteiger partial charge < -0.3 is 0 Å². The molecule has 186 valence electrons. The average molecular weight is 475 g/mol. The summed E-state index contributed by atoms with van der Waals surface area (Å²) < 4.78 is 0. The quantitative estimate of drug-likeness (QED) is 0.204. The smallest absolute Gasteiger partial charge is 0.00973 e. The Labute approximate surface area is 219 Å². The summed E-state index contributed by atoms with van der Waals surface area (Å²) in [5.74, 6) is 0. The molecular weight excluding hydrogens is 432 g/mol. The molecular formula is C36H42. The predicted octanol–water partition coefficient (Wildman–Crippen LogP) is 9.39.